The van der Waals surface area contributed by atoms with E-state index in [2.05, 4.69) is 0 Å². The first-order valence-electron chi connectivity index (χ1n) is 5.46. The molecule has 0 saturated carbocycles. The molecule has 0 aliphatic carbocycles. The summed E-state index contributed by atoms with van der Waals surface area (Å²) in [5.74, 6) is -1.02. The number of hydrogen-bond donors (Lipinski definition) is 3. The highest BCUT2D eigenvalue weighted by atomic mass is 16.5. The van der Waals surface area contributed by atoms with Crippen molar-refractivity contribution in [2.45, 2.75) is 19.3 Å². The topological polar surface area (TPSA) is 92.8 Å². The molecule has 1 rings (SSSR count). The van der Waals surface area contributed by atoms with Crippen molar-refractivity contribution in [3.63, 3.8) is 0 Å². The zero-order valence-electron chi connectivity index (χ0n) is 9.72. The van der Waals surface area contributed by atoms with E-state index in [0.717, 1.165) is 0 Å². The number of hydrogen-bond acceptors (Lipinski definition) is 4. The molecule has 4 N–H and O–H groups in total. The lowest BCUT2D eigenvalue weighted by atomic mass is 9.94. The van der Waals surface area contributed by atoms with Gasteiger partial charge in [-0.3, -0.25) is 4.79 Å². The van der Waals surface area contributed by atoms with Crippen molar-refractivity contribution in [1.29, 1.82) is 0 Å². The maximum Gasteiger partial charge on any atom is 0.304 e. The van der Waals surface area contributed by atoms with E-state index in [-0.39, 0.29) is 18.7 Å². The molecule has 0 spiro atoms. The molecular formula is C12H17NO4. The van der Waals surface area contributed by atoms with Crippen LogP contribution in [0, 0.1) is 0 Å². The molecule has 0 aliphatic rings. The number of aliphatic carboxylic acids is 1. The van der Waals surface area contributed by atoms with Crippen LogP contribution < -0.4 is 10.5 Å². The van der Waals surface area contributed by atoms with Crippen LogP contribution in [-0.4, -0.2) is 29.3 Å². The molecule has 1 unspecified atom stereocenters. The second-order valence-electron chi connectivity index (χ2n) is 3.66. The van der Waals surface area contributed by atoms with Crippen LogP contribution in [0.3, 0.4) is 0 Å². The van der Waals surface area contributed by atoms with Crippen LogP contribution in [0.25, 0.3) is 0 Å². The first-order chi connectivity index (χ1) is 8.10. The van der Waals surface area contributed by atoms with Crippen LogP contribution in [0.15, 0.2) is 18.2 Å². The van der Waals surface area contributed by atoms with Crippen molar-refractivity contribution in [2.75, 3.05) is 13.2 Å². The molecule has 5 heteroatoms. The zero-order chi connectivity index (χ0) is 12.8. The van der Waals surface area contributed by atoms with Crippen molar-refractivity contribution in [1.82, 2.24) is 0 Å². The van der Waals surface area contributed by atoms with Crippen molar-refractivity contribution in [2.24, 2.45) is 5.73 Å². The number of carboxylic acid groups (broad SMARTS) is 1. The lowest BCUT2D eigenvalue weighted by molar-refractivity contribution is -0.137. The number of ether oxygens (including phenoxy) is 1. The number of aromatic hydroxyl groups is 1. The lowest BCUT2D eigenvalue weighted by Crippen LogP contribution is -2.16. The maximum absolute atomic E-state index is 10.7. The molecule has 1 aromatic carbocycles. The molecule has 94 valence electrons. The van der Waals surface area contributed by atoms with Crippen LogP contribution >= 0.6 is 0 Å². The SMILES string of the molecule is CCOc1cccc(C(CN)CC(=O)O)c1O. The third-order valence-electron chi connectivity index (χ3n) is 2.48. The Bertz CT molecular complexity index is 392. The second-order valence-corrected chi connectivity index (χ2v) is 3.66. The molecule has 0 aliphatic heterocycles. The first-order valence-corrected chi connectivity index (χ1v) is 5.46. The van der Waals surface area contributed by atoms with E-state index in [1.165, 1.54) is 0 Å². The third-order valence-corrected chi connectivity index (χ3v) is 2.48. The van der Waals surface area contributed by atoms with Gasteiger partial charge in [0.05, 0.1) is 13.0 Å². The third kappa shape index (κ3) is 3.35. The number of carbonyl (C=O) groups is 1. The molecule has 0 fully saturated rings. The Balaban J connectivity index is 3.02. The molecule has 1 aromatic rings. The Hall–Kier alpha value is -1.75. The quantitative estimate of drug-likeness (QED) is 0.696. The van der Waals surface area contributed by atoms with Gasteiger partial charge in [0.25, 0.3) is 0 Å². The Morgan fingerprint density at radius 3 is 2.76 bits per heavy atom. The van der Waals surface area contributed by atoms with Gasteiger partial charge >= 0.3 is 5.97 Å². The van der Waals surface area contributed by atoms with Gasteiger partial charge in [-0.1, -0.05) is 12.1 Å². The van der Waals surface area contributed by atoms with Crippen molar-refractivity contribution in [3.05, 3.63) is 23.8 Å². The van der Waals surface area contributed by atoms with E-state index < -0.39 is 11.9 Å². The number of carboxylic acids is 1. The fourth-order valence-corrected chi connectivity index (χ4v) is 1.67. The molecule has 0 saturated heterocycles. The highest BCUT2D eigenvalue weighted by molar-refractivity contribution is 5.68. The molecule has 1 atom stereocenters. The van der Waals surface area contributed by atoms with Gasteiger partial charge < -0.3 is 20.7 Å². The van der Waals surface area contributed by atoms with Gasteiger partial charge in [-0.05, 0) is 19.5 Å². The molecule has 0 radical (unpaired) electrons. The van der Waals surface area contributed by atoms with Gasteiger partial charge in [0.15, 0.2) is 11.5 Å². The summed E-state index contributed by atoms with van der Waals surface area (Å²) in [5.41, 5.74) is 6.05. The predicted octanol–water partition coefficient (Wildman–Crippen LogP) is 1.31. The summed E-state index contributed by atoms with van der Waals surface area (Å²) in [6, 6.07) is 5.01. The molecule has 17 heavy (non-hydrogen) atoms. The van der Waals surface area contributed by atoms with E-state index in [4.69, 9.17) is 15.6 Å². The maximum atomic E-state index is 10.7. The summed E-state index contributed by atoms with van der Waals surface area (Å²) in [6.45, 7) is 2.41. The minimum Gasteiger partial charge on any atom is -0.504 e. The van der Waals surface area contributed by atoms with E-state index in [1.807, 2.05) is 6.92 Å². The van der Waals surface area contributed by atoms with Crippen LogP contribution in [0.1, 0.15) is 24.8 Å². The van der Waals surface area contributed by atoms with Crippen LogP contribution in [0.5, 0.6) is 11.5 Å². The fraction of sp³-hybridized carbons (Fsp3) is 0.417. The minimum atomic E-state index is -0.943. The summed E-state index contributed by atoms with van der Waals surface area (Å²) in [5, 5.41) is 18.7. The highest BCUT2D eigenvalue weighted by Crippen LogP contribution is 2.35. The van der Waals surface area contributed by atoms with E-state index in [9.17, 15) is 9.90 Å². The van der Waals surface area contributed by atoms with E-state index in [1.54, 1.807) is 18.2 Å². The molecular weight excluding hydrogens is 222 g/mol. The van der Waals surface area contributed by atoms with Crippen LogP contribution in [-0.2, 0) is 4.79 Å². The second kappa shape index (κ2) is 6.10. The van der Waals surface area contributed by atoms with Crippen molar-refractivity contribution in [3.8, 4) is 11.5 Å². The smallest absolute Gasteiger partial charge is 0.304 e. The number of nitrogens with two attached hydrogens (primary N) is 1. The minimum absolute atomic E-state index is 0.0222. The van der Waals surface area contributed by atoms with Gasteiger partial charge in [0.2, 0.25) is 0 Å². The molecule has 0 aromatic heterocycles. The van der Waals surface area contributed by atoms with Crippen molar-refractivity contribution >= 4 is 5.97 Å². The Morgan fingerprint density at radius 1 is 1.53 bits per heavy atom. The lowest BCUT2D eigenvalue weighted by Gasteiger charge is -2.16. The summed E-state index contributed by atoms with van der Waals surface area (Å²) in [6.07, 6.45) is -0.111. The summed E-state index contributed by atoms with van der Waals surface area (Å²) >= 11 is 0. The average Bonchev–Trinajstić information content (AvgIpc) is 2.29. The number of phenols is 1. The standard InChI is InChI=1S/C12H17NO4/c1-2-17-10-5-3-4-9(12(10)16)8(7-13)6-11(14)15/h3-5,8,16H,2,6-7,13H2,1H3,(H,14,15). The summed E-state index contributed by atoms with van der Waals surface area (Å²) < 4.78 is 5.24. The Labute approximate surface area is 99.8 Å². The molecule has 0 heterocycles. The number of benzene rings is 1. The summed E-state index contributed by atoms with van der Waals surface area (Å²) in [4.78, 5) is 10.7. The normalized spacial score (nSPS) is 12.1. The van der Waals surface area contributed by atoms with E-state index >= 15 is 0 Å². The predicted molar refractivity (Wildman–Crippen MR) is 63.3 cm³/mol. The van der Waals surface area contributed by atoms with E-state index in [0.29, 0.717) is 17.9 Å². The zero-order valence-corrected chi connectivity index (χ0v) is 9.72. The monoisotopic (exact) mass is 239 g/mol. The van der Waals surface area contributed by atoms with Gasteiger partial charge in [-0.15, -0.1) is 0 Å². The average molecular weight is 239 g/mol. The summed E-state index contributed by atoms with van der Waals surface area (Å²) in [7, 11) is 0. The fourth-order valence-electron chi connectivity index (χ4n) is 1.67. The Kier molecular flexibility index (Phi) is 4.78. The highest BCUT2D eigenvalue weighted by Gasteiger charge is 2.19. The van der Waals surface area contributed by atoms with Gasteiger partial charge in [0, 0.05) is 11.5 Å². The largest absolute Gasteiger partial charge is 0.504 e. The number of phenolic OH excluding ortho intramolecular Hbond substituents is 1. The Morgan fingerprint density at radius 2 is 2.24 bits per heavy atom. The molecule has 0 amide bonds. The van der Waals surface area contributed by atoms with Crippen LogP contribution in [0.2, 0.25) is 0 Å². The number of para-hydroxylation sites is 1. The molecule has 5 nitrogen and oxygen atoms in total. The first kappa shape index (κ1) is 13.3. The van der Waals surface area contributed by atoms with Gasteiger partial charge in [0.1, 0.15) is 0 Å². The van der Waals surface area contributed by atoms with Crippen LogP contribution in [0.4, 0.5) is 0 Å². The van der Waals surface area contributed by atoms with Gasteiger partial charge in [-0.2, -0.15) is 0 Å². The molecule has 0 bridgehead atoms. The van der Waals surface area contributed by atoms with Crippen molar-refractivity contribution < 1.29 is 19.7 Å². The number of rotatable bonds is 6. The van der Waals surface area contributed by atoms with Gasteiger partial charge in [-0.25, -0.2) is 0 Å².